The van der Waals surface area contributed by atoms with Crippen LogP contribution in [0.25, 0.3) is 0 Å². The highest BCUT2D eigenvalue weighted by Gasteiger charge is 2.14. The average Bonchev–Trinajstić information content (AvgIpc) is 3.05. The van der Waals surface area contributed by atoms with Gasteiger partial charge in [-0.1, -0.05) is 12.1 Å². The van der Waals surface area contributed by atoms with Gasteiger partial charge in [0.15, 0.2) is 12.4 Å². The molecule has 1 aromatic heterocycles. The average molecular weight is 303 g/mol. The Hall–Kier alpha value is -3.16. The van der Waals surface area contributed by atoms with E-state index in [2.05, 4.69) is 10.5 Å². The summed E-state index contributed by atoms with van der Waals surface area (Å²) in [5.41, 5.74) is 2.57. The summed E-state index contributed by atoms with van der Waals surface area (Å²) in [6.07, 6.45) is 1.49. The van der Waals surface area contributed by atoms with Crippen molar-refractivity contribution < 1.29 is 18.9 Å². The van der Waals surface area contributed by atoms with Gasteiger partial charge in [-0.15, -0.1) is 0 Å². The van der Waals surface area contributed by atoms with Crippen molar-refractivity contribution in [3.05, 3.63) is 58.5 Å². The molecule has 2 rings (SSSR count). The van der Waals surface area contributed by atoms with Crippen LogP contribution < -0.4 is 10.2 Å². The van der Waals surface area contributed by atoms with Crippen LogP contribution in [0, 0.1) is 10.1 Å². The van der Waals surface area contributed by atoms with Crippen LogP contribution in [-0.2, 0) is 4.79 Å². The minimum atomic E-state index is -0.577. The second-order valence-electron chi connectivity index (χ2n) is 4.22. The number of nitrogens with one attached hydrogen (secondary N) is 1. The maximum atomic E-state index is 11.6. The lowest BCUT2D eigenvalue weighted by Crippen LogP contribution is -2.25. The second kappa shape index (κ2) is 7.02. The van der Waals surface area contributed by atoms with Crippen LogP contribution in [-0.4, -0.2) is 23.1 Å². The Morgan fingerprint density at radius 2 is 2.14 bits per heavy atom. The summed E-state index contributed by atoms with van der Waals surface area (Å²) < 4.78 is 10.2. The molecule has 8 nitrogen and oxygen atoms in total. The van der Waals surface area contributed by atoms with E-state index in [1.54, 1.807) is 25.1 Å². The molecule has 22 heavy (non-hydrogen) atoms. The molecule has 0 aliphatic heterocycles. The molecule has 1 amide bonds. The van der Waals surface area contributed by atoms with Gasteiger partial charge in [0.05, 0.1) is 11.2 Å². The Bertz CT molecular complexity index is 694. The fourth-order valence-corrected chi connectivity index (χ4v) is 1.59. The molecular weight excluding hydrogens is 290 g/mol. The first-order valence-electron chi connectivity index (χ1n) is 6.31. The normalized spacial score (nSPS) is 11.0. The van der Waals surface area contributed by atoms with Gasteiger partial charge < -0.3 is 9.15 Å². The van der Waals surface area contributed by atoms with Crippen LogP contribution in [0.5, 0.6) is 5.75 Å². The maximum Gasteiger partial charge on any atom is 0.310 e. The lowest BCUT2D eigenvalue weighted by Gasteiger charge is -2.05. The summed E-state index contributed by atoms with van der Waals surface area (Å²) >= 11 is 0. The molecule has 0 aliphatic rings. The molecule has 0 fully saturated rings. The number of furan rings is 1. The van der Waals surface area contributed by atoms with Crippen LogP contribution in [0.15, 0.2) is 52.2 Å². The molecule has 1 heterocycles. The molecule has 0 bridgehead atoms. The number of nitrogens with zero attached hydrogens (tertiary/aromatic N) is 2. The van der Waals surface area contributed by atoms with Crippen LogP contribution in [0.3, 0.4) is 0 Å². The number of hydrogen-bond donors (Lipinski definition) is 1. The van der Waals surface area contributed by atoms with E-state index in [1.807, 2.05) is 0 Å². The van der Waals surface area contributed by atoms with E-state index in [0.29, 0.717) is 11.5 Å². The van der Waals surface area contributed by atoms with Crippen molar-refractivity contribution >= 4 is 17.3 Å². The Kier molecular flexibility index (Phi) is 4.86. The number of hydrazone groups is 1. The van der Waals surface area contributed by atoms with Gasteiger partial charge in [0.1, 0.15) is 11.5 Å². The predicted octanol–water partition coefficient (Wildman–Crippen LogP) is 2.11. The minimum absolute atomic E-state index is 0.0226. The molecular formula is C14H13N3O5. The van der Waals surface area contributed by atoms with Crippen LogP contribution in [0.2, 0.25) is 0 Å². The number of nitro benzene ring substituents is 1. The van der Waals surface area contributed by atoms with E-state index in [0.717, 1.165) is 0 Å². The van der Waals surface area contributed by atoms with Crippen LogP contribution in [0.1, 0.15) is 12.7 Å². The SMILES string of the molecule is C/C(=N\NC(=O)COc1ccccc1[N+](=O)[O-])c1ccco1. The molecule has 1 aromatic carbocycles. The number of rotatable bonds is 6. The van der Waals surface area contributed by atoms with Gasteiger partial charge in [-0.2, -0.15) is 5.10 Å². The molecule has 1 N–H and O–H groups in total. The first-order chi connectivity index (χ1) is 10.6. The Labute approximate surface area is 125 Å². The number of carbonyl (C=O) groups excluding carboxylic acids is 1. The molecule has 8 heteroatoms. The quantitative estimate of drug-likeness (QED) is 0.499. The summed E-state index contributed by atoms with van der Waals surface area (Å²) in [5.74, 6) is 0.0124. The number of nitro groups is 1. The summed E-state index contributed by atoms with van der Waals surface area (Å²) in [6.45, 7) is 1.28. The van der Waals surface area contributed by atoms with Gasteiger partial charge in [0.2, 0.25) is 0 Å². The summed E-state index contributed by atoms with van der Waals surface area (Å²) in [6, 6.07) is 9.22. The smallest absolute Gasteiger partial charge is 0.310 e. The van der Waals surface area contributed by atoms with Crippen molar-refractivity contribution in [1.29, 1.82) is 0 Å². The predicted molar refractivity (Wildman–Crippen MR) is 77.7 cm³/mol. The lowest BCUT2D eigenvalue weighted by atomic mass is 10.3. The number of ether oxygens (including phenoxy) is 1. The van der Waals surface area contributed by atoms with Gasteiger partial charge >= 0.3 is 5.69 Å². The van der Waals surface area contributed by atoms with Crippen LogP contribution >= 0.6 is 0 Å². The number of amides is 1. The molecule has 0 spiro atoms. The zero-order chi connectivity index (χ0) is 15.9. The minimum Gasteiger partial charge on any atom is -0.477 e. The maximum absolute atomic E-state index is 11.6. The molecule has 2 aromatic rings. The Morgan fingerprint density at radius 3 is 2.82 bits per heavy atom. The van der Waals surface area contributed by atoms with Crippen molar-refractivity contribution in [3.63, 3.8) is 0 Å². The monoisotopic (exact) mass is 303 g/mol. The van der Waals surface area contributed by atoms with Gasteiger partial charge in [-0.25, -0.2) is 5.43 Å². The van der Waals surface area contributed by atoms with E-state index < -0.39 is 10.8 Å². The third-order valence-electron chi connectivity index (χ3n) is 2.65. The fraction of sp³-hybridized carbons (Fsp3) is 0.143. The van der Waals surface area contributed by atoms with Crippen molar-refractivity contribution in [3.8, 4) is 5.75 Å². The van der Waals surface area contributed by atoms with E-state index in [9.17, 15) is 14.9 Å². The van der Waals surface area contributed by atoms with Gasteiger partial charge in [-0.05, 0) is 25.1 Å². The molecule has 0 unspecified atom stereocenters. The van der Waals surface area contributed by atoms with Crippen molar-refractivity contribution in [1.82, 2.24) is 5.43 Å². The number of benzene rings is 1. The van der Waals surface area contributed by atoms with Crippen molar-refractivity contribution in [2.75, 3.05) is 6.61 Å². The van der Waals surface area contributed by atoms with E-state index >= 15 is 0 Å². The molecule has 0 radical (unpaired) electrons. The third-order valence-corrected chi connectivity index (χ3v) is 2.65. The largest absolute Gasteiger partial charge is 0.477 e. The summed E-state index contributed by atoms with van der Waals surface area (Å²) in [7, 11) is 0. The highest BCUT2D eigenvalue weighted by atomic mass is 16.6. The standard InChI is InChI=1S/C14H13N3O5/c1-10(12-7-4-8-21-12)15-16-14(18)9-22-13-6-3-2-5-11(13)17(19)20/h2-8H,9H2,1H3,(H,16,18)/b15-10+. The topological polar surface area (TPSA) is 107 Å². The molecule has 0 atom stereocenters. The number of carbonyl (C=O) groups is 1. The first-order valence-corrected chi connectivity index (χ1v) is 6.31. The second-order valence-corrected chi connectivity index (χ2v) is 4.22. The number of hydrogen-bond acceptors (Lipinski definition) is 6. The molecule has 0 aliphatic carbocycles. The van der Waals surface area contributed by atoms with Crippen molar-refractivity contribution in [2.45, 2.75) is 6.92 Å². The Balaban J connectivity index is 1.91. The first kappa shape index (κ1) is 15.2. The zero-order valence-corrected chi connectivity index (χ0v) is 11.7. The highest BCUT2D eigenvalue weighted by molar-refractivity contribution is 5.96. The van der Waals surface area contributed by atoms with E-state index in [-0.39, 0.29) is 18.0 Å². The van der Waals surface area contributed by atoms with E-state index in [1.165, 1.54) is 24.5 Å². The van der Waals surface area contributed by atoms with Crippen LogP contribution in [0.4, 0.5) is 5.69 Å². The summed E-state index contributed by atoms with van der Waals surface area (Å²) in [5, 5.41) is 14.7. The number of para-hydroxylation sites is 2. The van der Waals surface area contributed by atoms with E-state index in [4.69, 9.17) is 9.15 Å². The molecule has 0 saturated carbocycles. The molecule has 0 saturated heterocycles. The zero-order valence-electron chi connectivity index (χ0n) is 11.7. The van der Waals surface area contributed by atoms with Gasteiger partial charge in [0, 0.05) is 6.07 Å². The van der Waals surface area contributed by atoms with Crippen molar-refractivity contribution in [2.24, 2.45) is 5.10 Å². The Morgan fingerprint density at radius 1 is 1.36 bits per heavy atom. The highest BCUT2D eigenvalue weighted by Crippen LogP contribution is 2.25. The third kappa shape index (κ3) is 3.92. The fourth-order valence-electron chi connectivity index (χ4n) is 1.59. The lowest BCUT2D eigenvalue weighted by molar-refractivity contribution is -0.385. The van der Waals surface area contributed by atoms with Gasteiger partial charge in [-0.3, -0.25) is 14.9 Å². The summed E-state index contributed by atoms with van der Waals surface area (Å²) in [4.78, 5) is 21.9. The van der Waals surface area contributed by atoms with Gasteiger partial charge in [0.25, 0.3) is 5.91 Å². The molecule has 114 valence electrons.